The number of rotatable bonds is 51. The van der Waals surface area contributed by atoms with Crippen LogP contribution in [0, 0.1) is 0 Å². The summed E-state index contributed by atoms with van der Waals surface area (Å²) in [6.07, 6.45) is 38.3. The summed E-state index contributed by atoms with van der Waals surface area (Å²) in [6.45, 7) is 2.83. The monoisotopic (exact) mass is 1070 g/mol. The summed E-state index contributed by atoms with van der Waals surface area (Å²) in [6, 6.07) is -0.909. The summed E-state index contributed by atoms with van der Waals surface area (Å²) in [7, 11) is 0. The lowest BCUT2D eigenvalue weighted by atomic mass is 9.97. The molecule has 0 aromatic heterocycles. The predicted octanol–water partition coefficient (Wildman–Crippen LogP) is 11.1. The molecular formula is C61H117NO13. The Morgan fingerprint density at radius 2 is 0.827 bits per heavy atom. The van der Waals surface area contributed by atoms with Crippen molar-refractivity contribution in [1.82, 2.24) is 5.32 Å². The summed E-state index contributed by atoms with van der Waals surface area (Å²) in [5.74, 6) is -0.235. The lowest BCUT2D eigenvalue weighted by molar-refractivity contribution is -0.359. The molecule has 2 heterocycles. The second-order valence-electron chi connectivity index (χ2n) is 22.6. The van der Waals surface area contributed by atoms with Crippen LogP contribution in [-0.4, -0.2) is 140 Å². The molecule has 2 saturated heterocycles. The van der Waals surface area contributed by atoms with Gasteiger partial charge in [0.25, 0.3) is 0 Å². The van der Waals surface area contributed by atoms with E-state index in [1.54, 1.807) is 6.08 Å². The first-order valence-corrected chi connectivity index (χ1v) is 31.4. The normalized spacial score (nSPS) is 25.0. The van der Waals surface area contributed by atoms with E-state index in [4.69, 9.17) is 18.9 Å². The fourth-order valence-corrected chi connectivity index (χ4v) is 10.6. The van der Waals surface area contributed by atoms with E-state index < -0.39 is 86.8 Å². The van der Waals surface area contributed by atoms with E-state index >= 15 is 0 Å². The number of unbranched alkanes of at least 4 members (excludes halogenated alkanes) is 38. The Labute approximate surface area is 456 Å². The van der Waals surface area contributed by atoms with Crippen LogP contribution >= 0.6 is 0 Å². The Bertz CT molecular complexity index is 1310. The van der Waals surface area contributed by atoms with Crippen LogP contribution in [0.4, 0.5) is 0 Å². The van der Waals surface area contributed by atoms with Gasteiger partial charge in [0, 0.05) is 6.42 Å². The fourth-order valence-electron chi connectivity index (χ4n) is 10.6. The molecule has 0 radical (unpaired) electrons. The Hall–Kier alpha value is -1.27. The zero-order valence-corrected chi connectivity index (χ0v) is 47.8. The first kappa shape index (κ1) is 69.8. The van der Waals surface area contributed by atoms with Crippen LogP contribution in [0.15, 0.2) is 12.2 Å². The van der Waals surface area contributed by atoms with Gasteiger partial charge in [-0.1, -0.05) is 264 Å². The standard InChI is InChI=1S/C61H117NO13/c1-3-5-7-9-11-13-15-17-19-20-21-22-23-24-25-26-27-28-29-30-31-32-34-36-38-40-42-44-50(65)49(62-53(66)45-43-41-39-37-35-33-18-16-14-12-10-8-6-4-2)48-72-60-58(71)56(69)59(52(47-64)74-60)75-61-57(70)55(68)54(67)51(46-63)73-61/h42,44,49-52,54-61,63-65,67-71H,3-41,43,45-48H2,1-2H3,(H,62,66)/b44-42+. The van der Waals surface area contributed by atoms with E-state index in [1.807, 2.05) is 6.08 Å². The molecule has 14 heteroatoms. The lowest BCUT2D eigenvalue weighted by Gasteiger charge is -2.46. The Kier molecular flexibility index (Phi) is 44.3. The van der Waals surface area contributed by atoms with Gasteiger partial charge in [0.1, 0.15) is 48.8 Å². The molecule has 1 amide bonds. The highest BCUT2D eigenvalue weighted by atomic mass is 16.7. The number of hydrogen-bond donors (Lipinski definition) is 9. The predicted molar refractivity (Wildman–Crippen MR) is 300 cm³/mol. The van der Waals surface area contributed by atoms with Crippen LogP contribution in [0.2, 0.25) is 0 Å². The van der Waals surface area contributed by atoms with Gasteiger partial charge in [-0.05, 0) is 19.3 Å². The van der Waals surface area contributed by atoms with Crippen LogP contribution in [0.25, 0.3) is 0 Å². The Morgan fingerprint density at radius 1 is 0.467 bits per heavy atom. The number of ether oxygens (including phenoxy) is 4. The van der Waals surface area contributed by atoms with E-state index in [1.165, 1.54) is 212 Å². The highest BCUT2D eigenvalue weighted by molar-refractivity contribution is 5.76. The molecule has 0 aliphatic carbocycles. The number of allylic oxidation sites excluding steroid dienone is 1. The van der Waals surface area contributed by atoms with Gasteiger partial charge in [-0.3, -0.25) is 4.79 Å². The average molecular weight is 1070 g/mol. The van der Waals surface area contributed by atoms with Gasteiger partial charge >= 0.3 is 0 Å². The van der Waals surface area contributed by atoms with Crippen LogP contribution in [0.3, 0.4) is 0 Å². The van der Waals surface area contributed by atoms with Gasteiger partial charge in [0.15, 0.2) is 12.6 Å². The molecule has 75 heavy (non-hydrogen) atoms. The summed E-state index contributed by atoms with van der Waals surface area (Å²) in [5, 5.41) is 87.1. The largest absolute Gasteiger partial charge is 0.394 e. The SMILES string of the molecule is CCCCCCCCCCCCCCCCCCCCCCCCCCC/C=C/C(O)C(COC1OC(CO)C(OC2OC(CO)C(O)C(O)C2O)C(O)C1O)NC(=O)CCCCCCCCCCCCCCCC. The van der Waals surface area contributed by atoms with E-state index in [0.29, 0.717) is 6.42 Å². The highest BCUT2D eigenvalue weighted by Crippen LogP contribution is 2.30. The summed E-state index contributed by atoms with van der Waals surface area (Å²) < 4.78 is 22.8. The molecule has 14 nitrogen and oxygen atoms in total. The smallest absolute Gasteiger partial charge is 0.220 e. The third-order valence-electron chi connectivity index (χ3n) is 15.7. The number of nitrogens with one attached hydrogen (secondary N) is 1. The molecule has 0 saturated carbocycles. The quantitative estimate of drug-likeness (QED) is 0.0204. The van der Waals surface area contributed by atoms with Crippen molar-refractivity contribution in [3.8, 4) is 0 Å². The average Bonchev–Trinajstić information content (AvgIpc) is 3.41. The number of aliphatic hydroxyl groups excluding tert-OH is 8. The summed E-state index contributed by atoms with van der Waals surface area (Å²) in [4.78, 5) is 13.2. The van der Waals surface area contributed by atoms with Crippen LogP contribution in [0.5, 0.6) is 0 Å². The number of aliphatic hydroxyl groups is 8. The van der Waals surface area contributed by atoms with Gasteiger partial charge in [0.05, 0.1) is 32.0 Å². The highest BCUT2D eigenvalue weighted by Gasteiger charge is 2.51. The van der Waals surface area contributed by atoms with Crippen molar-refractivity contribution in [2.75, 3.05) is 19.8 Å². The minimum absolute atomic E-state index is 0.235. The number of hydrogen-bond acceptors (Lipinski definition) is 13. The zero-order chi connectivity index (χ0) is 54.6. The molecule has 0 aromatic rings. The molecule has 0 spiro atoms. The van der Waals surface area contributed by atoms with E-state index in [2.05, 4.69) is 19.2 Å². The van der Waals surface area contributed by atoms with Crippen molar-refractivity contribution < 1.29 is 64.6 Å². The molecule has 0 bridgehead atoms. The topological polar surface area (TPSA) is 228 Å². The van der Waals surface area contributed by atoms with E-state index in [0.717, 1.165) is 38.5 Å². The van der Waals surface area contributed by atoms with E-state index in [9.17, 15) is 45.6 Å². The first-order valence-electron chi connectivity index (χ1n) is 31.4. The minimum Gasteiger partial charge on any atom is -0.394 e. The molecule has 9 N–H and O–H groups in total. The number of carbonyl (C=O) groups is 1. The van der Waals surface area contributed by atoms with Crippen molar-refractivity contribution in [3.63, 3.8) is 0 Å². The van der Waals surface area contributed by atoms with Crippen molar-refractivity contribution in [3.05, 3.63) is 12.2 Å². The summed E-state index contributed by atoms with van der Waals surface area (Å²) in [5.41, 5.74) is 0. The molecule has 2 aliphatic heterocycles. The Morgan fingerprint density at radius 3 is 1.23 bits per heavy atom. The minimum atomic E-state index is -1.79. The van der Waals surface area contributed by atoms with Crippen LogP contribution < -0.4 is 5.32 Å². The fraction of sp³-hybridized carbons (Fsp3) is 0.951. The maximum atomic E-state index is 13.2. The molecule has 444 valence electrons. The first-order chi connectivity index (χ1) is 36.6. The van der Waals surface area contributed by atoms with Gasteiger partial charge in [-0.25, -0.2) is 0 Å². The molecule has 2 aliphatic rings. The molecular weight excluding hydrogens is 955 g/mol. The third-order valence-corrected chi connectivity index (χ3v) is 15.7. The van der Waals surface area contributed by atoms with Crippen molar-refractivity contribution in [1.29, 1.82) is 0 Å². The maximum absolute atomic E-state index is 13.2. The van der Waals surface area contributed by atoms with Gasteiger partial charge in [-0.2, -0.15) is 0 Å². The maximum Gasteiger partial charge on any atom is 0.220 e. The van der Waals surface area contributed by atoms with Crippen LogP contribution in [-0.2, 0) is 23.7 Å². The Balaban J connectivity index is 1.71. The van der Waals surface area contributed by atoms with Gasteiger partial charge < -0.3 is 65.1 Å². The second-order valence-corrected chi connectivity index (χ2v) is 22.6. The zero-order valence-electron chi connectivity index (χ0n) is 47.8. The number of carbonyl (C=O) groups excluding carboxylic acids is 1. The lowest BCUT2D eigenvalue weighted by Crippen LogP contribution is -2.65. The van der Waals surface area contributed by atoms with Crippen molar-refractivity contribution >= 4 is 5.91 Å². The second kappa shape index (κ2) is 47.5. The molecule has 2 fully saturated rings. The summed E-state index contributed by atoms with van der Waals surface area (Å²) >= 11 is 0. The van der Waals surface area contributed by atoms with Crippen LogP contribution in [0.1, 0.15) is 277 Å². The van der Waals surface area contributed by atoms with E-state index in [-0.39, 0.29) is 18.9 Å². The molecule has 12 atom stereocenters. The third kappa shape index (κ3) is 33.2. The van der Waals surface area contributed by atoms with Crippen molar-refractivity contribution in [2.45, 2.75) is 351 Å². The molecule has 2 rings (SSSR count). The molecule has 12 unspecified atom stereocenters. The van der Waals surface area contributed by atoms with Gasteiger partial charge in [-0.15, -0.1) is 0 Å². The van der Waals surface area contributed by atoms with Gasteiger partial charge in [0.2, 0.25) is 5.91 Å². The number of amides is 1. The molecule has 0 aromatic carbocycles. The van der Waals surface area contributed by atoms with Crippen molar-refractivity contribution in [2.24, 2.45) is 0 Å².